The van der Waals surface area contributed by atoms with Crippen molar-refractivity contribution >= 4 is 17.4 Å². The molecular formula is C14H19ClO2. The van der Waals surface area contributed by atoms with Gasteiger partial charge in [-0.3, -0.25) is 4.79 Å². The van der Waals surface area contributed by atoms with Gasteiger partial charge in [-0.15, -0.1) is 0 Å². The number of Topliss-reactive ketones (excluding diaryl/α,β-unsaturated/α-hetero) is 1. The monoisotopic (exact) mass is 254 g/mol. The van der Waals surface area contributed by atoms with Crippen LogP contribution in [-0.4, -0.2) is 19.0 Å². The summed E-state index contributed by atoms with van der Waals surface area (Å²) in [6, 6.07) is 5.35. The average Bonchev–Trinajstić information content (AvgIpc) is 2.20. The lowest BCUT2D eigenvalue weighted by molar-refractivity contribution is 0.0196. The maximum absolute atomic E-state index is 12.3. The van der Waals surface area contributed by atoms with Gasteiger partial charge in [0.15, 0.2) is 5.78 Å². The first kappa shape index (κ1) is 14.2. The Morgan fingerprint density at radius 3 is 2.35 bits per heavy atom. The number of ether oxygens (including phenoxy) is 1. The first-order valence-corrected chi connectivity index (χ1v) is 5.98. The SMILES string of the molecule is COC(C(=O)c1ccc(C)c(Cl)c1)C(C)(C)C. The van der Waals surface area contributed by atoms with E-state index in [9.17, 15) is 4.79 Å². The molecule has 0 bridgehead atoms. The van der Waals surface area contributed by atoms with Crippen LogP contribution in [0.2, 0.25) is 5.02 Å². The number of halogens is 1. The molecule has 1 unspecified atom stereocenters. The minimum Gasteiger partial charge on any atom is -0.373 e. The van der Waals surface area contributed by atoms with Gasteiger partial charge in [-0.25, -0.2) is 0 Å². The molecule has 0 N–H and O–H groups in total. The number of methoxy groups -OCH3 is 1. The topological polar surface area (TPSA) is 26.3 Å². The van der Waals surface area contributed by atoms with Crippen LogP contribution in [0, 0.1) is 12.3 Å². The lowest BCUT2D eigenvalue weighted by Gasteiger charge is -2.28. The molecule has 17 heavy (non-hydrogen) atoms. The second-order valence-electron chi connectivity index (χ2n) is 5.31. The molecule has 0 aliphatic rings. The van der Waals surface area contributed by atoms with Gasteiger partial charge in [0, 0.05) is 17.7 Å². The van der Waals surface area contributed by atoms with Gasteiger partial charge in [-0.2, -0.15) is 0 Å². The molecule has 0 fully saturated rings. The molecule has 0 heterocycles. The normalized spacial score (nSPS) is 13.5. The zero-order valence-corrected chi connectivity index (χ0v) is 11.8. The summed E-state index contributed by atoms with van der Waals surface area (Å²) in [5, 5.41) is 0.611. The van der Waals surface area contributed by atoms with Crippen LogP contribution in [0.3, 0.4) is 0 Å². The summed E-state index contributed by atoms with van der Waals surface area (Å²) in [7, 11) is 1.56. The van der Waals surface area contributed by atoms with Crippen LogP contribution >= 0.6 is 11.6 Å². The summed E-state index contributed by atoms with van der Waals surface area (Å²) in [5.41, 5.74) is 1.33. The van der Waals surface area contributed by atoms with E-state index in [1.807, 2.05) is 33.8 Å². The van der Waals surface area contributed by atoms with E-state index in [0.717, 1.165) is 5.56 Å². The number of benzene rings is 1. The van der Waals surface area contributed by atoms with Crippen LogP contribution < -0.4 is 0 Å². The van der Waals surface area contributed by atoms with Crippen LogP contribution in [0.25, 0.3) is 0 Å². The van der Waals surface area contributed by atoms with Gasteiger partial charge in [-0.05, 0) is 24.0 Å². The summed E-state index contributed by atoms with van der Waals surface area (Å²) in [4.78, 5) is 12.3. The quantitative estimate of drug-likeness (QED) is 0.765. The van der Waals surface area contributed by atoms with Gasteiger partial charge >= 0.3 is 0 Å². The predicted molar refractivity (Wildman–Crippen MR) is 70.8 cm³/mol. The van der Waals surface area contributed by atoms with Crippen molar-refractivity contribution in [1.29, 1.82) is 0 Å². The predicted octanol–water partition coefficient (Wildman–Crippen LogP) is 3.89. The van der Waals surface area contributed by atoms with Gasteiger partial charge in [0.2, 0.25) is 0 Å². The lowest BCUT2D eigenvalue weighted by atomic mass is 9.84. The molecule has 3 heteroatoms. The molecule has 1 rings (SSSR count). The molecule has 0 aliphatic heterocycles. The Hall–Kier alpha value is -0.860. The van der Waals surface area contributed by atoms with E-state index in [0.29, 0.717) is 10.6 Å². The highest BCUT2D eigenvalue weighted by molar-refractivity contribution is 6.31. The van der Waals surface area contributed by atoms with Crippen molar-refractivity contribution < 1.29 is 9.53 Å². The molecule has 2 nitrogen and oxygen atoms in total. The number of aryl methyl sites for hydroxylation is 1. The number of carbonyl (C=O) groups excluding carboxylic acids is 1. The summed E-state index contributed by atoms with van der Waals surface area (Å²) < 4.78 is 5.31. The maximum atomic E-state index is 12.3. The molecule has 1 aromatic rings. The minimum atomic E-state index is -0.457. The van der Waals surface area contributed by atoms with Crippen molar-refractivity contribution in [2.24, 2.45) is 5.41 Å². The largest absolute Gasteiger partial charge is 0.373 e. The number of hydrogen-bond acceptors (Lipinski definition) is 2. The molecule has 0 radical (unpaired) electrons. The molecule has 0 saturated heterocycles. The molecule has 0 aliphatic carbocycles. The van der Waals surface area contributed by atoms with Crippen molar-refractivity contribution in [2.45, 2.75) is 33.8 Å². The Morgan fingerprint density at radius 2 is 1.94 bits per heavy atom. The Labute approximate surface area is 108 Å². The van der Waals surface area contributed by atoms with Crippen LogP contribution in [0.5, 0.6) is 0 Å². The fraction of sp³-hybridized carbons (Fsp3) is 0.500. The van der Waals surface area contributed by atoms with Gasteiger partial charge in [0.05, 0.1) is 0 Å². The van der Waals surface area contributed by atoms with Gasteiger partial charge in [0.25, 0.3) is 0 Å². The van der Waals surface area contributed by atoms with Crippen molar-refractivity contribution in [3.8, 4) is 0 Å². The molecule has 94 valence electrons. The molecule has 1 aromatic carbocycles. The van der Waals surface area contributed by atoms with Crippen LogP contribution in [0.1, 0.15) is 36.7 Å². The first-order valence-electron chi connectivity index (χ1n) is 5.60. The Morgan fingerprint density at radius 1 is 1.35 bits per heavy atom. The van der Waals surface area contributed by atoms with Crippen LogP contribution in [0.4, 0.5) is 0 Å². The number of rotatable bonds is 3. The minimum absolute atomic E-state index is 0.0260. The zero-order chi connectivity index (χ0) is 13.2. The van der Waals surface area contributed by atoms with E-state index in [1.165, 1.54) is 0 Å². The molecule has 0 spiro atoms. The first-order chi connectivity index (χ1) is 7.77. The fourth-order valence-electron chi connectivity index (χ4n) is 1.75. The van der Waals surface area contributed by atoms with Crippen molar-refractivity contribution in [3.05, 3.63) is 34.3 Å². The fourth-order valence-corrected chi connectivity index (χ4v) is 1.93. The lowest BCUT2D eigenvalue weighted by Crippen LogP contribution is -2.36. The smallest absolute Gasteiger partial charge is 0.192 e. The zero-order valence-electron chi connectivity index (χ0n) is 11.0. The van der Waals surface area contributed by atoms with Crippen molar-refractivity contribution in [1.82, 2.24) is 0 Å². The van der Waals surface area contributed by atoms with E-state index in [-0.39, 0.29) is 11.2 Å². The maximum Gasteiger partial charge on any atom is 0.192 e. The van der Waals surface area contributed by atoms with Gasteiger partial charge in [0.1, 0.15) is 6.10 Å². The van der Waals surface area contributed by atoms with E-state index in [2.05, 4.69) is 0 Å². The Balaban J connectivity index is 3.07. The van der Waals surface area contributed by atoms with Crippen molar-refractivity contribution in [2.75, 3.05) is 7.11 Å². The van der Waals surface area contributed by atoms with E-state index >= 15 is 0 Å². The molecular weight excluding hydrogens is 236 g/mol. The Bertz CT molecular complexity index is 419. The highest BCUT2D eigenvalue weighted by Gasteiger charge is 2.31. The van der Waals surface area contributed by atoms with Crippen molar-refractivity contribution in [3.63, 3.8) is 0 Å². The third kappa shape index (κ3) is 3.30. The third-order valence-electron chi connectivity index (χ3n) is 2.72. The highest BCUT2D eigenvalue weighted by Crippen LogP contribution is 2.26. The third-order valence-corrected chi connectivity index (χ3v) is 3.12. The van der Waals surface area contributed by atoms with E-state index in [4.69, 9.17) is 16.3 Å². The van der Waals surface area contributed by atoms with E-state index < -0.39 is 6.10 Å². The average molecular weight is 255 g/mol. The number of hydrogen-bond donors (Lipinski definition) is 0. The summed E-state index contributed by atoms with van der Waals surface area (Å²) >= 11 is 6.03. The molecule has 0 saturated carbocycles. The molecule has 0 aromatic heterocycles. The number of ketones is 1. The summed E-state index contributed by atoms with van der Waals surface area (Å²) in [6.45, 7) is 7.85. The van der Waals surface area contributed by atoms with Crippen LogP contribution in [0.15, 0.2) is 18.2 Å². The standard InChI is InChI=1S/C14H19ClO2/c1-9-6-7-10(8-11(9)15)12(16)13(17-5)14(2,3)4/h6-8,13H,1-5H3. The van der Waals surface area contributed by atoms with Gasteiger partial charge < -0.3 is 4.74 Å². The molecule has 0 amide bonds. The number of carbonyl (C=O) groups is 1. The summed E-state index contributed by atoms with van der Waals surface area (Å²) in [6.07, 6.45) is -0.457. The molecule has 1 atom stereocenters. The highest BCUT2D eigenvalue weighted by atomic mass is 35.5. The van der Waals surface area contributed by atoms with Crippen LogP contribution in [-0.2, 0) is 4.74 Å². The Kier molecular flexibility index (Phi) is 4.34. The summed E-state index contributed by atoms with van der Waals surface area (Å²) in [5.74, 6) is -0.0260. The second kappa shape index (κ2) is 5.19. The van der Waals surface area contributed by atoms with Gasteiger partial charge in [-0.1, -0.05) is 44.5 Å². The second-order valence-corrected chi connectivity index (χ2v) is 5.72. The van der Waals surface area contributed by atoms with E-state index in [1.54, 1.807) is 19.2 Å².